The van der Waals surface area contributed by atoms with Gasteiger partial charge in [0.1, 0.15) is 18.4 Å². The number of pyridine rings is 1. The molecule has 2 aliphatic rings. The van der Waals surface area contributed by atoms with E-state index in [1.807, 2.05) is 34.6 Å². The van der Waals surface area contributed by atoms with Crippen LogP contribution in [0.25, 0.3) is 11.0 Å². The van der Waals surface area contributed by atoms with Gasteiger partial charge in [-0.15, -0.1) is 0 Å². The summed E-state index contributed by atoms with van der Waals surface area (Å²) in [7, 11) is -1.18. The molecule has 4 rings (SSSR count). The van der Waals surface area contributed by atoms with Crippen LogP contribution in [0.15, 0.2) is 35.5 Å². The molecule has 9 heteroatoms. The van der Waals surface area contributed by atoms with Gasteiger partial charge in [0.05, 0.1) is 22.2 Å². The van der Waals surface area contributed by atoms with E-state index in [1.165, 1.54) is 0 Å². The minimum absolute atomic E-state index is 0.0360. The molecule has 2 aliphatic heterocycles. The van der Waals surface area contributed by atoms with Crippen molar-refractivity contribution in [1.82, 2.24) is 14.5 Å². The standard InChI is InChI=1S/C25H35ClN4O3Si/c1-25(32)8-11-29(12-9-25)24(31)18-5-6-21(28-16-18)22-15-19-20(26)7-10-27-23(19)30(22)17-33-13-14-34(2,3)4/h5-7,10,15-16,18,21,32H,8-9,11-14,17H2,1-4H3. The molecule has 2 aromatic heterocycles. The van der Waals surface area contributed by atoms with Gasteiger partial charge in [0, 0.05) is 45.6 Å². The Kier molecular flexibility index (Phi) is 7.33. The lowest BCUT2D eigenvalue weighted by molar-refractivity contribution is -0.135. The summed E-state index contributed by atoms with van der Waals surface area (Å²) >= 11 is 6.46. The highest BCUT2D eigenvalue weighted by Crippen LogP contribution is 2.32. The lowest BCUT2D eigenvalue weighted by Crippen LogP contribution is -2.47. The van der Waals surface area contributed by atoms with Gasteiger partial charge in [-0.05, 0) is 37.9 Å². The normalized spacial score (nSPS) is 22.5. The number of fused-ring (bicyclic) bond motifs is 1. The van der Waals surface area contributed by atoms with Crippen LogP contribution >= 0.6 is 11.6 Å². The second-order valence-electron chi connectivity index (χ2n) is 10.9. The van der Waals surface area contributed by atoms with E-state index in [1.54, 1.807) is 18.5 Å². The fraction of sp³-hybridized carbons (Fsp3) is 0.560. The fourth-order valence-corrected chi connectivity index (χ4v) is 5.25. The molecule has 1 amide bonds. The molecule has 34 heavy (non-hydrogen) atoms. The summed E-state index contributed by atoms with van der Waals surface area (Å²) in [6, 6.07) is 4.66. The molecular formula is C25H35ClN4O3Si. The Balaban J connectivity index is 1.49. The summed E-state index contributed by atoms with van der Waals surface area (Å²) in [6.07, 6.45) is 8.54. The number of likely N-dealkylation sites (tertiary alicyclic amines) is 1. The largest absolute Gasteiger partial charge is 0.390 e. The molecule has 1 N–H and O–H groups in total. The molecule has 184 valence electrons. The van der Waals surface area contributed by atoms with E-state index < -0.39 is 13.7 Å². The smallest absolute Gasteiger partial charge is 0.234 e. The second-order valence-corrected chi connectivity index (χ2v) is 16.9. The number of ether oxygens (including phenoxy) is 1. The molecule has 0 radical (unpaired) electrons. The third-order valence-corrected chi connectivity index (χ3v) is 8.67. The van der Waals surface area contributed by atoms with Gasteiger partial charge in [-0.3, -0.25) is 9.79 Å². The van der Waals surface area contributed by atoms with Gasteiger partial charge >= 0.3 is 0 Å². The van der Waals surface area contributed by atoms with Crippen LogP contribution in [0.1, 0.15) is 31.5 Å². The molecule has 4 heterocycles. The Morgan fingerprint density at radius 2 is 2.03 bits per heavy atom. The van der Waals surface area contributed by atoms with Crippen LogP contribution in [0.2, 0.25) is 30.7 Å². The minimum Gasteiger partial charge on any atom is -0.390 e. The number of rotatable bonds is 7. The molecular weight excluding hydrogens is 468 g/mol. The summed E-state index contributed by atoms with van der Waals surface area (Å²) in [4.78, 5) is 24.1. The number of halogens is 1. The van der Waals surface area contributed by atoms with Gasteiger partial charge < -0.3 is 19.3 Å². The zero-order valence-corrected chi connectivity index (χ0v) is 22.3. The highest BCUT2D eigenvalue weighted by Gasteiger charge is 2.32. The zero-order chi connectivity index (χ0) is 24.5. The van der Waals surface area contributed by atoms with Crippen molar-refractivity contribution in [3.05, 3.63) is 41.2 Å². The molecule has 0 aliphatic carbocycles. The maximum Gasteiger partial charge on any atom is 0.234 e. The second kappa shape index (κ2) is 9.93. The van der Waals surface area contributed by atoms with E-state index in [2.05, 4.69) is 24.6 Å². The Morgan fingerprint density at radius 3 is 2.68 bits per heavy atom. The quantitative estimate of drug-likeness (QED) is 0.339. The predicted octanol–water partition coefficient (Wildman–Crippen LogP) is 4.67. The molecule has 0 bridgehead atoms. The number of aliphatic imine (C=N–C) groups is 1. The van der Waals surface area contributed by atoms with Crippen molar-refractivity contribution in [1.29, 1.82) is 0 Å². The average Bonchev–Trinajstić information content (AvgIpc) is 3.16. The zero-order valence-electron chi connectivity index (χ0n) is 20.5. The molecule has 0 saturated carbocycles. The number of nitrogens with zero attached hydrogens (tertiary/aromatic N) is 4. The van der Waals surface area contributed by atoms with E-state index in [0.717, 1.165) is 22.8 Å². The first-order valence-corrected chi connectivity index (χ1v) is 16.1. The number of aromatic nitrogens is 2. The summed E-state index contributed by atoms with van der Waals surface area (Å²) in [5.74, 6) is -0.347. The third kappa shape index (κ3) is 5.79. The summed E-state index contributed by atoms with van der Waals surface area (Å²) in [5, 5.41) is 11.7. The van der Waals surface area contributed by atoms with Crippen LogP contribution in [-0.4, -0.2) is 65.1 Å². The lowest BCUT2D eigenvalue weighted by atomic mass is 9.92. The van der Waals surface area contributed by atoms with Crippen molar-refractivity contribution < 1.29 is 14.6 Å². The number of aliphatic hydroxyl groups is 1. The van der Waals surface area contributed by atoms with E-state index in [9.17, 15) is 9.90 Å². The van der Waals surface area contributed by atoms with Gasteiger partial charge in [-0.2, -0.15) is 0 Å². The van der Waals surface area contributed by atoms with Crippen molar-refractivity contribution >= 4 is 42.8 Å². The van der Waals surface area contributed by atoms with Gasteiger partial charge in [-0.25, -0.2) is 4.98 Å². The van der Waals surface area contributed by atoms with Gasteiger partial charge in [-0.1, -0.05) is 43.4 Å². The monoisotopic (exact) mass is 502 g/mol. The van der Waals surface area contributed by atoms with Crippen molar-refractivity contribution in [2.45, 2.75) is 63.8 Å². The first-order valence-electron chi connectivity index (χ1n) is 12.0. The fourth-order valence-electron chi connectivity index (χ4n) is 4.30. The van der Waals surface area contributed by atoms with Crippen LogP contribution in [-0.2, 0) is 16.3 Å². The van der Waals surface area contributed by atoms with Crippen LogP contribution in [0.5, 0.6) is 0 Å². The molecule has 2 aromatic rings. The first kappa shape index (κ1) is 25.1. The SMILES string of the molecule is CC1(O)CCN(C(=O)C2C=CC(c3cc4c(Cl)ccnc4n3COCC[Si](C)(C)C)N=C2)CC1. The van der Waals surface area contributed by atoms with E-state index in [0.29, 0.717) is 44.3 Å². The number of hydrogen-bond donors (Lipinski definition) is 1. The van der Waals surface area contributed by atoms with E-state index >= 15 is 0 Å². The molecule has 2 unspecified atom stereocenters. The molecule has 0 spiro atoms. The number of carbonyl (C=O) groups is 1. The minimum atomic E-state index is -1.18. The average molecular weight is 503 g/mol. The van der Waals surface area contributed by atoms with Crippen molar-refractivity contribution in [3.63, 3.8) is 0 Å². The number of piperidine rings is 1. The highest BCUT2D eigenvalue weighted by atomic mass is 35.5. The van der Waals surface area contributed by atoms with Gasteiger partial charge in [0.2, 0.25) is 5.91 Å². The van der Waals surface area contributed by atoms with E-state index in [4.69, 9.17) is 21.3 Å². The molecule has 1 saturated heterocycles. The molecule has 2 atom stereocenters. The Hall–Kier alpha value is -2.00. The van der Waals surface area contributed by atoms with Crippen LogP contribution < -0.4 is 0 Å². The Labute approximate surface area is 207 Å². The lowest BCUT2D eigenvalue weighted by Gasteiger charge is -2.36. The van der Waals surface area contributed by atoms with Crippen molar-refractivity contribution in [2.75, 3.05) is 19.7 Å². The topological polar surface area (TPSA) is 80.0 Å². The van der Waals surface area contributed by atoms with Crippen molar-refractivity contribution in [2.24, 2.45) is 10.9 Å². The first-order chi connectivity index (χ1) is 16.0. The predicted molar refractivity (Wildman–Crippen MR) is 139 cm³/mol. The van der Waals surface area contributed by atoms with E-state index in [-0.39, 0.29) is 17.9 Å². The number of dihydropyridines is 1. The maximum absolute atomic E-state index is 13.0. The number of hydrogen-bond acceptors (Lipinski definition) is 5. The maximum atomic E-state index is 13.0. The van der Waals surface area contributed by atoms with Crippen molar-refractivity contribution in [3.8, 4) is 0 Å². The highest BCUT2D eigenvalue weighted by molar-refractivity contribution is 6.76. The Morgan fingerprint density at radius 1 is 1.29 bits per heavy atom. The van der Waals surface area contributed by atoms with Crippen LogP contribution in [0.4, 0.5) is 0 Å². The molecule has 0 aromatic carbocycles. The van der Waals surface area contributed by atoms with Crippen LogP contribution in [0.3, 0.4) is 0 Å². The number of amides is 1. The summed E-state index contributed by atoms with van der Waals surface area (Å²) < 4.78 is 8.08. The molecule has 7 nitrogen and oxygen atoms in total. The number of carbonyl (C=O) groups excluding carboxylic acids is 1. The molecule has 1 fully saturated rings. The summed E-state index contributed by atoms with van der Waals surface area (Å²) in [6.45, 7) is 11.1. The van der Waals surface area contributed by atoms with Gasteiger partial charge in [0.25, 0.3) is 0 Å². The third-order valence-electron chi connectivity index (χ3n) is 6.64. The Bertz CT molecular complexity index is 1080. The summed E-state index contributed by atoms with van der Waals surface area (Å²) in [5.41, 5.74) is 1.03. The van der Waals surface area contributed by atoms with Crippen LogP contribution in [0, 0.1) is 5.92 Å². The van der Waals surface area contributed by atoms with Gasteiger partial charge in [0.15, 0.2) is 0 Å².